The van der Waals surface area contributed by atoms with E-state index in [-0.39, 0.29) is 29.1 Å². The molecule has 6 heteroatoms. The summed E-state index contributed by atoms with van der Waals surface area (Å²) in [5.74, 6) is -0.212. The number of carbonyl (C=O) groups is 1. The van der Waals surface area contributed by atoms with Gasteiger partial charge in [-0.25, -0.2) is 0 Å². The molecule has 0 aliphatic heterocycles. The molecule has 0 unspecified atom stereocenters. The zero-order valence-electron chi connectivity index (χ0n) is 10.8. The Bertz CT molecular complexity index is 427. The van der Waals surface area contributed by atoms with Crippen molar-refractivity contribution in [3.63, 3.8) is 0 Å². The number of carbonyl (C=O) groups excluding carboxylic acids is 1. The number of alkyl halides is 3. The fraction of sp³-hybridized carbons (Fsp3) is 0.462. The molecule has 0 atom stereocenters. The van der Waals surface area contributed by atoms with E-state index in [2.05, 4.69) is 4.74 Å². The van der Waals surface area contributed by atoms with Crippen LogP contribution in [0.1, 0.15) is 24.2 Å². The minimum Gasteiger partial charge on any atom is -0.434 e. The van der Waals surface area contributed by atoms with Crippen LogP contribution >= 0.6 is 11.6 Å². The average Bonchev–Trinajstić information content (AvgIpc) is 2.34. The van der Waals surface area contributed by atoms with Gasteiger partial charge in [-0.2, -0.15) is 8.78 Å². The van der Waals surface area contributed by atoms with Crippen molar-refractivity contribution in [2.75, 3.05) is 12.4 Å². The van der Waals surface area contributed by atoms with Crippen molar-refractivity contribution in [3.05, 3.63) is 29.8 Å². The lowest BCUT2D eigenvalue weighted by Gasteiger charge is -2.26. The lowest BCUT2D eigenvalue weighted by Crippen LogP contribution is -2.38. The minimum atomic E-state index is -2.96. The van der Waals surface area contributed by atoms with Crippen LogP contribution in [0, 0.1) is 0 Å². The second kappa shape index (κ2) is 7.28. The third-order valence-corrected chi connectivity index (χ3v) is 2.71. The molecule has 0 bridgehead atoms. The van der Waals surface area contributed by atoms with E-state index in [0.29, 0.717) is 6.54 Å². The quantitative estimate of drug-likeness (QED) is 0.752. The van der Waals surface area contributed by atoms with Crippen LogP contribution in [0.15, 0.2) is 24.3 Å². The van der Waals surface area contributed by atoms with E-state index >= 15 is 0 Å². The number of amides is 1. The molecule has 0 aromatic heterocycles. The number of nitrogens with zero attached hydrogens (tertiary/aromatic N) is 1. The van der Waals surface area contributed by atoms with Crippen molar-refractivity contribution in [2.24, 2.45) is 0 Å². The number of para-hydroxylation sites is 1. The van der Waals surface area contributed by atoms with E-state index < -0.39 is 6.61 Å². The molecule has 0 aliphatic rings. The van der Waals surface area contributed by atoms with Crippen molar-refractivity contribution in [3.8, 4) is 5.75 Å². The molecule has 3 nitrogen and oxygen atoms in total. The molecule has 19 heavy (non-hydrogen) atoms. The lowest BCUT2D eigenvalue weighted by atomic mass is 10.1. The SMILES string of the molecule is CC(C)N(CCCl)C(=O)c1ccccc1OC(F)F. The highest BCUT2D eigenvalue weighted by atomic mass is 35.5. The highest BCUT2D eigenvalue weighted by Gasteiger charge is 2.22. The van der Waals surface area contributed by atoms with Gasteiger partial charge in [-0.15, -0.1) is 11.6 Å². The van der Waals surface area contributed by atoms with Crippen molar-refractivity contribution in [1.29, 1.82) is 0 Å². The molecule has 0 aliphatic carbocycles. The Kier molecular flexibility index (Phi) is 6.02. The fourth-order valence-corrected chi connectivity index (χ4v) is 1.86. The highest BCUT2D eigenvalue weighted by molar-refractivity contribution is 6.18. The first-order valence-electron chi connectivity index (χ1n) is 5.88. The molecule has 106 valence electrons. The summed E-state index contributed by atoms with van der Waals surface area (Å²) in [7, 11) is 0. The van der Waals surface area contributed by atoms with Gasteiger partial charge in [-0.05, 0) is 26.0 Å². The first-order valence-corrected chi connectivity index (χ1v) is 6.41. The molecule has 0 fully saturated rings. The van der Waals surface area contributed by atoms with E-state index in [0.717, 1.165) is 0 Å². The third-order valence-electron chi connectivity index (χ3n) is 2.54. The largest absolute Gasteiger partial charge is 0.434 e. The number of halogens is 3. The summed E-state index contributed by atoms with van der Waals surface area (Å²) in [6.45, 7) is 1.05. The average molecular weight is 292 g/mol. The molecular formula is C13H16ClF2NO2. The standard InChI is InChI=1S/C13H16ClF2NO2/c1-9(2)17(8-7-14)12(18)10-5-3-4-6-11(10)19-13(15)16/h3-6,9,13H,7-8H2,1-2H3. The molecule has 0 N–H and O–H groups in total. The summed E-state index contributed by atoms with van der Waals surface area (Å²) in [5, 5.41) is 0. The van der Waals surface area contributed by atoms with E-state index in [1.807, 2.05) is 13.8 Å². The van der Waals surface area contributed by atoms with E-state index in [9.17, 15) is 13.6 Å². The van der Waals surface area contributed by atoms with Crippen molar-refractivity contribution in [1.82, 2.24) is 4.90 Å². The second-order valence-electron chi connectivity index (χ2n) is 4.16. The normalized spacial score (nSPS) is 10.9. The maximum absolute atomic E-state index is 12.3. The molecule has 1 aromatic carbocycles. The number of hydrogen-bond acceptors (Lipinski definition) is 2. The number of ether oxygens (including phenoxy) is 1. The first-order chi connectivity index (χ1) is 8.97. The van der Waals surface area contributed by atoms with Crippen LogP contribution in [0.25, 0.3) is 0 Å². The van der Waals surface area contributed by atoms with Gasteiger partial charge in [-0.1, -0.05) is 12.1 Å². The summed E-state index contributed by atoms with van der Waals surface area (Å²) in [6.07, 6.45) is 0. The predicted octanol–water partition coefficient (Wildman–Crippen LogP) is 3.38. The van der Waals surface area contributed by atoms with Gasteiger partial charge in [0.15, 0.2) is 0 Å². The Balaban J connectivity index is 3.03. The minimum absolute atomic E-state index is 0.0779. The van der Waals surface area contributed by atoms with Crippen LogP contribution in [0.2, 0.25) is 0 Å². The molecule has 0 saturated carbocycles. The van der Waals surface area contributed by atoms with Crippen LogP contribution in [0.3, 0.4) is 0 Å². The number of hydrogen-bond donors (Lipinski definition) is 0. The van der Waals surface area contributed by atoms with Gasteiger partial charge in [0.1, 0.15) is 5.75 Å². The monoisotopic (exact) mass is 291 g/mol. The molecule has 0 heterocycles. The molecule has 1 amide bonds. The van der Waals surface area contributed by atoms with Gasteiger partial charge < -0.3 is 9.64 Å². The maximum atomic E-state index is 12.3. The molecule has 1 rings (SSSR count). The summed E-state index contributed by atoms with van der Waals surface area (Å²) < 4.78 is 29.0. The van der Waals surface area contributed by atoms with Gasteiger partial charge in [0, 0.05) is 18.5 Å². The van der Waals surface area contributed by atoms with Gasteiger partial charge in [-0.3, -0.25) is 4.79 Å². The lowest BCUT2D eigenvalue weighted by molar-refractivity contribution is -0.0503. The molecule has 0 saturated heterocycles. The van der Waals surface area contributed by atoms with Crippen molar-refractivity contribution >= 4 is 17.5 Å². The van der Waals surface area contributed by atoms with Gasteiger partial charge in [0.2, 0.25) is 0 Å². The smallest absolute Gasteiger partial charge is 0.387 e. The second-order valence-corrected chi connectivity index (χ2v) is 4.53. The van der Waals surface area contributed by atoms with Crippen LogP contribution in [0.4, 0.5) is 8.78 Å². The summed E-state index contributed by atoms with van der Waals surface area (Å²) in [6, 6.07) is 5.87. The first kappa shape index (κ1) is 15.7. The Hall–Kier alpha value is -1.36. The molecule has 0 spiro atoms. The van der Waals surface area contributed by atoms with Crippen LogP contribution in [-0.4, -0.2) is 35.9 Å². The van der Waals surface area contributed by atoms with Crippen LogP contribution in [-0.2, 0) is 0 Å². The van der Waals surface area contributed by atoms with E-state index in [1.54, 1.807) is 6.07 Å². The van der Waals surface area contributed by atoms with Crippen LogP contribution < -0.4 is 4.74 Å². The van der Waals surface area contributed by atoms with E-state index in [1.165, 1.54) is 23.1 Å². The van der Waals surface area contributed by atoms with Gasteiger partial charge in [0.05, 0.1) is 5.56 Å². The Morgan fingerprint density at radius 3 is 2.53 bits per heavy atom. The Morgan fingerprint density at radius 2 is 2.00 bits per heavy atom. The zero-order chi connectivity index (χ0) is 14.4. The van der Waals surface area contributed by atoms with E-state index in [4.69, 9.17) is 11.6 Å². The van der Waals surface area contributed by atoms with Gasteiger partial charge >= 0.3 is 6.61 Å². The van der Waals surface area contributed by atoms with Gasteiger partial charge in [0.25, 0.3) is 5.91 Å². The number of rotatable bonds is 6. The summed E-state index contributed by atoms with van der Waals surface area (Å²) >= 11 is 5.65. The van der Waals surface area contributed by atoms with Crippen molar-refractivity contribution in [2.45, 2.75) is 26.5 Å². The predicted molar refractivity (Wildman–Crippen MR) is 70.0 cm³/mol. The Morgan fingerprint density at radius 1 is 1.37 bits per heavy atom. The summed E-state index contributed by atoms with van der Waals surface area (Å²) in [4.78, 5) is 13.8. The molecule has 0 radical (unpaired) electrons. The zero-order valence-corrected chi connectivity index (χ0v) is 11.5. The number of benzene rings is 1. The highest BCUT2D eigenvalue weighted by Crippen LogP contribution is 2.22. The molecule has 1 aromatic rings. The summed E-state index contributed by atoms with van der Waals surface area (Å²) in [5.41, 5.74) is 0.113. The maximum Gasteiger partial charge on any atom is 0.387 e. The van der Waals surface area contributed by atoms with Crippen molar-refractivity contribution < 1.29 is 18.3 Å². The third kappa shape index (κ3) is 4.35. The van der Waals surface area contributed by atoms with Crippen LogP contribution in [0.5, 0.6) is 5.75 Å². The fourth-order valence-electron chi connectivity index (χ4n) is 1.68. The Labute approximate surface area is 116 Å². The molecular weight excluding hydrogens is 276 g/mol. The topological polar surface area (TPSA) is 29.5 Å².